The number of aromatic nitrogens is 3. The van der Waals surface area contributed by atoms with Crippen LogP contribution in [0.15, 0.2) is 53.1 Å². The van der Waals surface area contributed by atoms with E-state index in [1.165, 1.54) is 5.56 Å². The highest BCUT2D eigenvalue weighted by atomic mass is 32.1. The summed E-state index contributed by atoms with van der Waals surface area (Å²) in [6, 6.07) is 10.5. The molecule has 2 heterocycles. The van der Waals surface area contributed by atoms with E-state index in [2.05, 4.69) is 56.3 Å². The Morgan fingerprint density at radius 2 is 2.13 bits per heavy atom. The largest absolute Gasteiger partial charge is 0.375 e. The third kappa shape index (κ3) is 6.63. The minimum Gasteiger partial charge on any atom is -0.375 e. The van der Waals surface area contributed by atoms with E-state index in [9.17, 15) is 0 Å². The molecular formula is C23H32N6OS. The third-order valence-corrected chi connectivity index (χ3v) is 6.08. The monoisotopic (exact) mass is 440 g/mol. The molecule has 1 aromatic carbocycles. The molecule has 3 aromatic rings. The standard InChI is InChI=1S/C23H32N6OS/c1-5-24-23(28(3)16-20-17-31-22(27-20)18(2)30-4)26-15-21-25-12-14-29(21)13-11-19-9-7-6-8-10-19/h6-10,12,14,17-18H,5,11,13,15-16H2,1-4H3,(H,24,26). The molecule has 3 rings (SSSR count). The summed E-state index contributed by atoms with van der Waals surface area (Å²) in [5.74, 6) is 1.80. The van der Waals surface area contributed by atoms with Crippen molar-refractivity contribution in [2.45, 2.75) is 46.0 Å². The molecule has 0 radical (unpaired) electrons. The number of hydrogen-bond donors (Lipinski definition) is 1. The molecule has 0 saturated heterocycles. The van der Waals surface area contributed by atoms with Crippen LogP contribution in [0.3, 0.4) is 0 Å². The second-order valence-electron chi connectivity index (χ2n) is 7.35. The molecule has 166 valence electrons. The Morgan fingerprint density at radius 1 is 1.32 bits per heavy atom. The van der Waals surface area contributed by atoms with Gasteiger partial charge in [-0.1, -0.05) is 30.3 Å². The number of imidazole rings is 1. The molecule has 1 N–H and O–H groups in total. The van der Waals surface area contributed by atoms with E-state index >= 15 is 0 Å². The zero-order valence-electron chi connectivity index (χ0n) is 18.8. The fourth-order valence-electron chi connectivity index (χ4n) is 3.21. The Morgan fingerprint density at radius 3 is 2.87 bits per heavy atom. The molecule has 7 nitrogen and oxygen atoms in total. The van der Waals surface area contributed by atoms with Gasteiger partial charge in [-0.3, -0.25) is 0 Å². The molecule has 2 aromatic heterocycles. The summed E-state index contributed by atoms with van der Waals surface area (Å²) in [5, 5.41) is 6.45. The lowest BCUT2D eigenvalue weighted by Gasteiger charge is -2.21. The van der Waals surface area contributed by atoms with Gasteiger partial charge < -0.3 is 19.5 Å². The smallest absolute Gasteiger partial charge is 0.194 e. The molecule has 0 saturated carbocycles. The number of ether oxygens (including phenoxy) is 1. The molecule has 8 heteroatoms. The maximum absolute atomic E-state index is 5.37. The Bertz CT molecular complexity index is 952. The second-order valence-corrected chi connectivity index (χ2v) is 8.24. The molecular weight excluding hydrogens is 408 g/mol. The highest BCUT2D eigenvalue weighted by Gasteiger charge is 2.13. The number of guanidine groups is 1. The topological polar surface area (TPSA) is 67.6 Å². The van der Waals surface area contributed by atoms with Crippen molar-refractivity contribution in [3.05, 3.63) is 70.2 Å². The predicted molar refractivity (Wildman–Crippen MR) is 126 cm³/mol. The van der Waals surface area contributed by atoms with Crippen LogP contribution < -0.4 is 5.32 Å². The molecule has 0 aliphatic heterocycles. The van der Waals surface area contributed by atoms with Crippen LogP contribution in [0.1, 0.15) is 42.0 Å². The van der Waals surface area contributed by atoms with Crippen LogP contribution in [0, 0.1) is 0 Å². The second kappa shape index (κ2) is 11.6. The Balaban J connectivity index is 1.63. The van der Waals surface area contributed by atoms with Gasteiger partial charge in [0.15, 0.2) is 5.96 Å². The average Bonchev–Trinajstić information content (AvgIpc) is 3.44. The van der Waals surface area contributed by atoms with Gasteiger partial charge >= 0.3 is 0 Å². The van der Waals surface area contributed by atoms with E-state index in [4.69, 9.17) is 14.7 Å². The number of thiazole rings is 1. The molecule has 0 fully saturated rings. The number of rotatable bonds is 10. The fourth-order valence-corrected chi connectivity index (χ4v) is 4.05. The fraction of sp³-hybridized carbons (Fsp3) is 0.435. The van der Waals surface area contributed by atoms with Crippen LogP contribution >= 0.6 is 11.3 Å². The minimum atomic E-state index is 0.0145. The minimum absolute atomic E-state index is 0.0145. The van der Waals surface area contributed by atoms with E-state index < -0.39 is 0 Å². The number of benzene rings is 1. The van der Waals surface area contributed by atoms with E-state index in [0.29, 0.717) is 13.1 Å². The van der Waals surface area contributed by atoms with Crippen LogP contribution in [-0.4, -0.2) is 46.1 Å². The van der Waals surface area contributed by atoms with Gasteiger partial charge in [0, 0.05) is 45.0 Å². The summed E-state index contributed by atoms with van der Waals surface area (Å²) in [6.45, 7) is 6.98. The van der Waals surface area contributed by atoms with E-state index in [1.807, 2.05) is 32.4 Å². The van der Waals surface area contributed by atoms with Crippen LogP contribution in [-0.2, 0) is 30.8 Å². The average molecular weight is 441 g/mol. The normalized spacial score (nSPS) is 12.7. The highest BCUT2D eigenvalue weighted by Crippen LogP contribution is 2.21. The maximum Gasteiger partial charge on any atom is 0.194 e. The summed E-state index contributed by atoms with van der Waals surface area (Å²) < 4.78 is 7.55. The molecule has 1 atom stereocenters. The Kier molecular flexibility index (Phi) is 8.61. The molecule has 31 heavy (non-hydrogen) atoms. The van der Waals surface area contributed by atoms with Gasteiger partial charge in [-0.05, 0) is 25.8 Å². The lowest BCUT2D eigenvalue weighted by Crippen LogP contribution is -2.38. The molecule has 0 aliphatic carbocycles. The van der Waals surface area contributed by atoms with Crippen molar-refractivity contribution < 1.29 is 4.74 Å². The summed E-state index contributed by atoms with van der Waals surface area (Å²) in [5.41, 5.74) is 2.34. The first-order valence-electron chi connectivity index (χ1n) is 10.6. The summed E-state index contributed by atoms with van der Waals surface area (Å²) in [7, 11) is 3.74. The Labute approximate surface area is 188 Å². The zero-order valence-corrected chi connectivity index (χ0v) is 19.6. The van der Waals surface area contributed by atoms with Crippen molar-refractivity contribution in [3.63, 3.8) is 0 Å². The van der Waals surface area contributed by atoms with Crippen molar-refractivity contribution in [1.82, 2.24) is 24.8 Å². The van der Waals surface area contributed by atoms with Gasteiger partial charge in [-0.25, -0.2) is 15.0 Å². The van der Waals surface area contributed by atoms with Crippen molar-refractivity contribution in [2.75, 3.05) is 20.7 Å². The van der Waals surface area contributed by atoms with Crippen LogP contribution in [0.25, 0.3) is 0 Å². The zero-order chi connectivity index (χ0) is 22.1. The summed E-state index contributed by atoms with van der Waals surface area (Å²) in [6.07, 6.45) is 4.86. The number of nitrogens with one attached hydrogen (secondary N) is 1. The van der Waals surface area contributed by atoms with Crippen LogP contribution in [0.2, 0.25) is 0 Å². The summed E-state index contributed by atoms with van der Waals surface area (Å²) in [4.78, 5) is 16.1. The molecule has 1 unspecified atom stereocenters. The van der Waals surface area contributed by atoms with E-state index in [1.54, 1.807) is 18.4 Å². The molecule has 0 aliphatic rings. The quantitative estimate of drug-likeness (QED) is 0.383. The van der Waals surface area contributed by atoms with E-state index in [-0.39, 0.29) is 6.10 Å². The lowest BCUT2D eigenvalue weighted by atomic mass is 10.1. The number of hydrogen-bond acceptors (Lipinski definition) is 5. The maximum atomic E-state index is 5.37. The van der Waals surface area contributed by atoms with Gasteiger partial charge in [-0.15, -0.1) is 11.3 Å². The first-order chi connectivity index (χ1) is 15.1. The molecule has 0 spiro atoms. The summed E-state index contributed by atoms with van der Waals surface area (Å²) >= 11 is 1.63. The molecule has 0 bridgehead atoms. The number of nitrogens with zero attached hydrogens (tertiary/aromatic N) is 5. The van der Waals surface area contributed by atoms with Crippen LogP contribution in [0.4, 0.5) is 0 Å². The van der Waals surface area contributed by atoms with Crippen molar-refractivity contribution in [2.24, 2.45) is 4.99 Å². The van der Waals surface area contributed by atoms with Crippen molar-refractivity contribution in [1.29, 1.82) is 0 Å². The van der Waals surface area contributed by atoms with E-state index in [0.717, 1.165) is 42.0 Å². The molecule has 0 amide bonds. The number of aryl methyl sites for hydroxylation is 2. The lowest BCUT2D eigenvalue weighted by molar-refractivity contribution is 0.119. The van der Waals surface area contributed by atoms with Gasteiger partial charge in [0.1, 0.15) is 23.5 Å². The van der Waals surface area contributed by atoms with Gasteiger partial charge in [0.05, 0.1) is 12.2 Å². The first kappa shape index (κ1) is 23.0. The van der Waals surface area contributed by atoms with Gasteiger partial charge in [0.25, 0.3) is 0 Å². The van der Waals surface area contributed by atoms with Gasteiger partial charge in [0.2, 0.25) is 0 Å². The van der Waals surface area contributed by atoms with Gasteiger partial charge in [-0.2, -0.15) is 0 Å². The van der Waals surface area contributed by atoms with Crippen molar-refractivity contribution in [3.8, 4) is 0 Å². The third-order valence-electron chi connectivity index (χ3n) is 5.02. The van der Waals surface area contributed by atoms with Crippen molar-refractivity contribution >= 4 is 17.3 Å². The highest BCUT2D eigenvalue weighted by molar-refractivity contribution is 7.09. The van der Waals surface area contributed by atoms with Crippen LogP contribution in [0.5, 0.6) is 0 Å². The number of methoxy groups -OCH3 is 1. The Hall–Kier alpha value is -2.71. The first-order valence-corrected chi connectivity index (χ1v) is 11.5. The predicted octanol–water partition coefficient (Wildman–Crippen LogP) is 3.89. The SMILES string of the molecule is CCNC(=NCc1nccn1CCc1ccccc1)N(C)Cc1csc(C(C)OC)n1. The number of aliphatic imine (C=N–C) groups is 1.